The van der Waals surface area contributed by atoms with Gasteiger partial charge in [-0.1, -0.05) is 92.1 Å². The van der Waals surface area contributed by atoms with Crippen molar-refractivity contribution in [3.63, 3.8) is 0 Å². The zero-order valence-electron chi connectivity index (χ0n) is 20.0. The molecule has 0 saturated heterocycles. The van der Waals surface area contributed by atoms with Crippen molar-refractivity contribution in [2.45, 2.75) is 44.4 Å². The third-order valence-corrected chi connectivity index (χ3v) is 7.56. The number of carbonyl (C=O) groups excluding carboxylic acids is 1. The van der Waals surface area contributed by atoms with Crippen LogP contribution < -0.4 is 10.2 Å². The molecule has 34 heavy (non-hydrogen) atoms. The SMILES string of the molecule is O=C([C@@H]1C[C@H]1c1ccccc1)N(CCNCC1CCCCC1)c1ccc(-c2ccccc2)cc1. The second-order valence-electron chi connectivity index (χ2n) is 9.97. The van der Waals surface area contributed by atoms with Gasteiger partial charge in [-0.05, 0) is 66.5 Å². The van der Waals surface area contributed by atoms with Crippen molar-refractivity contribution in [2.24, 2.45) is 11.8 Å². The molecule has 3 aromatic carbocycles. The molecule has 0 aliphatic heterocycles. The van der Waals surface area contributed by atoms with Crippen molar-refractivity contribution >= 4 is 11.6 Å². The Labute approximate surface area is 204 Å². The molecule has 0 spiro atoms. The van der Waals surface area contributed by atoms with E-state index >= 15 is 0 Å². The van der Waals surface area contributed by atoms with Crippen LogP contribution in [0.5, 0.6) is 0 Å². The van der Waals surface area contributed by atoms with Gasteiger partial charge in [-0.25, -0.2) is 0 Å². The highest BCUT2D eigenvalue weighted by molar-refractivity contribution is 5.97. The van der Waals surface area contributed by atoms with Gasteiger partial charge in [0, 0.05) is 24.7 Å². The molecule has 2 atom stereocenters. The van der Waals surface area contributed by atoms with Crippen molar-refractivity contribution in [3.05, 3.63) is 90.5 Å². The normalized spacial score (nSPS) is 20.1. The van der Waals surface area contributed by atoms with Gasteiger partial charge in [0.05, 0.1) is 0 Å². The predicted octanol–water partition coefficient (Wildman–Crippen LogP) is 6.66. The van der Waals surface area contributed by atoms with Crippen LogP contribution in [0.2, 0.25) is 0 Å². The van der Waals surface area contributed by atoms with Crippen LogP contribution in [0.1, 0.15) is 50.0 Å². The number of hydrogen-bond donors (Lipinski definition) is 1. The van der Waals surface area contributed by atoms with E-state index in [2.05, 4.69) is 78.1 Å². The maximum Gasteiger partial charge on any atom is 0.230 e. The van der Waals surface area contributed by atoms with Gasteiger partial charge >= 0.3 is 0 Å². The molecule has 0 unspecified atom stereocenters. The van der Waals surface area contributed by atoms with Crippen molar-refractivity contribution < 1.29 is 4.79 Å². The van der Waals surface area contributed by atoms with E-state index in [9.17, 15) is 4.79 Å². The van der Waals surface area contributed by atoms with Gasteiger partial charge in [0.2, 0.25) is 5.91 Å². The van der Waals surface area contributed by atoms with Gasteiger partial charge in [-0.2, -0.15) is 0 Å². The fourth-order valence-corrected chi connectivity index (χ4v) is 5.46. The lowest BCUT2D eigenvalue weighted by Crippen LogP contribution is -2.39. The molecule has 0 aromatic heterocycles. The van der Waals surface area contributed by atoms with Crippen LogP contribution in [0, 0.1) is 11.8 Å². The molecule has 0 bridgehead atoms. The summed E-state index contributed by atoms with van der Waals surface area (Å²) in [6.07, 6.45) is 7.77. The third-order valence-electron chi connectivity index (χ3n) is 7.56. The molecule has 2 aliphatic rings. The number of nitrogens with zero attached hydrogens (tertiary/aromatic N) is 1. The minimum atomic E-state index is 0.0922. The van der Waals surface area contributed by atoms with Crippen molar-refractivity contribution in [1.29, 1.82) is 0 Å². The molecule has 0 radical (unpaired) electrons. The lowest BCUT2D eigenvalue weighted by atomic mass is 9.89. The summed E-state index contributed by atoms with van der Waals surface area (Å²) in [7, 11) is 0. The highest BCUT2D eigenvalue weighted by Gasteiger charge is 2.45. The molecule has 3 heteroatoms. The molecule has 3 nitrogen and oxygen atoms in total. The number of hydrogen-bond acceptors (Lipinski definition) is 2. The minimum absolute atomic E-state index is 0.0922. The van der Waals surface area contributed by atoms with Crippen LogP contribution in [0.25, 0.3) is 11.1 Å². The highest BCUT2D eigenvalue weighted by atomic mass is 16.2. The second-order valence-corrected chi connectivity index (χ2v) is 9.97. The summed E-state index contributed by atoms with van der Waals surface area (Å²) in [5.41, 5.74) is 4.67. The first-order chi connectivity index (χ1) is 16.8. The van der Waals surface area contributed by atoms with E-state index < -0.39 is 0 Å². The van der Waals surface area contributed by atoms with Gasteiger partial charge in [0.25, 0.3) is 0 Å². The molecular formula is C31H36N2O. The molecule has 0 heterocycles. The molecule has 3 aromatic rings. The second kappa shape index (κ2) is 11.0. The van der Waals surface area contributed by atoms with Gasteiger partial charge < -0.3 is 10.2 Å². The van der Waals surface area contributed by atoms with E-state index in [0.717, 1.165) is 31.1 Å². The Morgan fingerprint density at radius 3 is 2.15 bits per heavy atom. The Morgan fingerprint density at radius 1 is 0.794 bits per heavy atom. The molecule has 176 valence electrons. The van der Waals surface area contributed by atoms with Gasteiger partial charge in [-0.3, -0.25) is 4.79 Å². The molecule has 2 fully saturated rings. The molecule has 2 aliphatic carbocycles. The van der Waals surface area contributed by atoms with E-state index in [4.69, 9.17) is 0 Å². The number of anilines is 1. The molecular weight excluding hydrogens is 416 g/mol. The van der Waals surface area contributed by atoms with E-state index in [0.29, 0.717) is 12.5 Å². The summed E-state index contributed by atoms with van der Waals surface area (Å²) < 4.78 is 0. The smallest absolute Gasteiger partial charge is 0.230 e. The van der Waals surface area contributed by atoms with Gasteiger partial charge in [0.15, 0.2) is 0 Å². The maximum atomic E-state index is 13.6. The average Bonchev–Trinajstić information content (AvgIpc) is 3.71. The van der Waals surface area contributed by atoms with Crippen molar-refractivity contribution in [2.75, 3.05) is 24.5 Å². The fourth-order valence-electron chi connectivity index (χ4n) is 5.46. The van der Waals surface area contributed by atoms with E-state index in [1.165, 1.54) is 48.8 Å². The van der Waals surface area contributed by atoms with Crippen LogP contribution in [0.4, 0.5) is 5.69 Å². The predicted molar refractivity (Wildman–Crippen MR) is 141 cm³/mol. The summed E-state index contributed by atoms with van der Waals surface area (Å²) in [6, 6.07) is 29.4. The lowest BCUT2D eigenvalue weighted by Gasteiger charge is -2.25. The van der Waals surface area contributed by atoms with Crippen LogP contribution in [0.3, 0.4) is 0 Å². The largest absolute Gasteiger partial charge is 0.315 e. The van der Waals surface area contributed by atoms with E-state index in [-0.39, 0.29) is 11.8 Å². The van der Waals surface area contributed by atoms with Crippen LogP contribution >= 0.6 is 0 Å². The Kier molecular flexibility index (Phi) is 7.40. The fraction of sp³-hybridized carbons (Fsp3) is 0.387. The summed E-state index contributed by atoms with van der Waals surface area (Å²) in [6.45, 7) is 2.63. The van der Waals surface area contributed by atoms with Crippen LogP contribution in [-0.4, -0.2) is 25.5 Å². The highest BCUT2D eigenvalue weighted by Crippen LogP contribution is 2.48. The molecule has 1 N–H and O–H groups in total. The molecule has 5 rings (SSSR count). The summed E-state index contributed by atoms with van der Waals surface area (Å²) >= 11 is 0. The summed E-state index contributed by atoms with van der Waals surface area (Å²) in [4.78, 5) is 15.7. The lowest BCUT2D eigenvalue weighted by molar-refractivity contribution is -0.119. The van der Waals surface area contributed by atoms with Crippen molar-refractivity contribution in [3.8, 4) is 11.1 Å². The first-order valence-electron chi connectivity index (χ1n) is 13.0. The van der Waals surface area contributed by atoms with Crippen LogP contribution in [-0.2, 0) is 4.79 Å². The number of carbonyl (C=O) groups is 1. The van der Waals surface area contributed by atoms with Crippen molar-refractivity contribution in [1.82, 2.24) is 5.32 Å². The third kappa shape index (κ3) is 5.59. The molecule has 1 amide bonds. The first kappa shape index (κ1) is 22.9. The standard InChI is InChI=1S/C31H36N2O/c34-31(30-22-29(30)27-14-8-3-9-15-27)33(21-20-32-23-24-10-4-1-5-11-24)28-18-16-26(17-19-28)25-12-6-2-7-13-25/h2-3,6-9,12-19,24,29-30,32H,1,4-5,10-11,20-23H2/t29-,30+/m0/s1. The average molecular weight is 453 g/mol. The zero-order valence-corrected chi connectivity index (χ0v) is 20.0. The first-order valence-corrected chi connectivity index (χ1v) is 13.0. The molecule has 2 saturated carbocycles. The van der Waals surface area contributed by atoms with Gasteiger partial charge in [-0.15, -0.1) is 0 Å². The topological polar surface area (TPSA) is 32.3 Å². The summed E-state index contributed by atoms with van der Waals surface area (Å²) in [5, 5.41) is 3.66. The maximum absolute atomic E-state index is 13.6. The van der Waals surface area contributed by atoms with Crippen LogP contribution in [0.15, 0.2) is 84.9 Å². The number of benzene rings is 3. The minimum Gasteiger partial charge on any atom is -0.315 e. The summed E-state index contributed by atoms with van der Waals surface area (Å²) in [5.74, 6) is 1.51. The van der Waals surface area contributed by atoms with E-state index in [1.54, 1.807) is 0 Å². The quantitative estimate of drug-likeness (QED) is 0.368. The number of nitrogens with one attached hydrogen (secondary N) is 1. The monoisotopic (exact) mass is 452 g/mol. The Balaban J connectivity index is 1.27. The Hall–Kier alpha value is -2.91. The van der Waals surface area contributed by atoms with E-state index in [1.807, 2.05) is 17.0 Å². The number of amides is 1. The Bertz CT molecular complexity index is 1040. The zero-order chi connectivity index (χ0) is 23.2. The van der Waals surface area contributed by atoms with Gasteiger partial charge in [0.1, 0.15) is 0 Å². The Morgan fingerprint density at radius 2 is 1.44 bits per heavy atom. The number of rotatable bonds is 9.